The zero-order chi connectivity index (χ0) is 26.7. The summed E-state index contributed by atoms with van der Waals surface area (Å²) in [6.45, 7) is 7.04. The van der Waals surface area contributed by atoms with Gasteiger partial charge in [0.1, 0.15) is 5.69 Å². The molecule has 2 aliphatic heterocycles. The van der Waals surface area contributed by atoms with E-state index in [4.69, 9.17) is 34.7 Å². The quantitative estimate of drug-likeness (QED) is 0.453. The van der Waals surface area contributed by atoms with Gasteiger partial charge >= 0.3 is 0 Å². The molecule has 1 aromatic carbocycles. The summed E-state index contributed by atoms with van der Waals surface area (Å²) < 4.78 is 0. The van der Waals surface area contributed by atoms with E-state index in [1.54, 1.807) is 12.1 Å². The van der Waals surface area contributed by atoms with Crippen LogP contribution in [0.5, 0.6) is 0 Å². The summed E-state index contributed by atoms with van der Waals surface area (Å²) in [7, 11) is 0. The largest absolute Gasteiger partial charge is 0.378 e. The molecule has 5 N–H and O–H groups in total. The second kappa shape index (κ2) is 11.9. The van der Waals surface area contributed by atoms with Crippen molar-refractivity contribution in [2.45, 2.75) is 50.9 Å². The van der Waals surface area contributed by atoms with Crippen molar-refractivity contribution in [3.05, 3.63) is 51.4 Å². The first kappa shape index (κ1) is 27.5. The summed E-state index contributed by atoms with van der Waals surface area (Å²) >= 11 is 12.4. The Kier molecular flexibility index (Phi) is 8.86. The lowest BCUT2D eigenvalue weighted by Gasteiger charge is -2.47. The highest BCUT2D eigenvalue weighted by atomic mass is 35.5. The van der Waals surface area contributed by atoms with Crippen molar-refractivity contribution in [1.82, 2.24) is 19.8 Å². The number of carbonyl (C=O) groups is 2. The first-order valence-electron chi connectivity index (χ1n) is 12.5. The summed E-state index contributed by atoms with van der Waals surface area (Å²) in [5.41, 5.74) is 12.0. The number of likely N-dealkylation sites (tertiary alicyclic amines) is 1. The summed E-state index contributed by atoms with van der Waals surface area (Å²) in [6.07, 6.45) is 3.02. The molecule has 0 spiro atoms. The first-order valence-corrected chi connectivity index (χ1v) is 13.2. The highest BCUT2D eigenvalue weighted by Gasteiger charge is 2.34. The number of rotatable bonds is 8. The zero-order valence-electron chi connectivity index (χ0n) is 20.8. The van der Waals surface area contributed by atoms with Crippen molar-refractivity contribution >= 4 is 40.8 Å². The van der Waals surface area contributed by atoms with Gasteiger partial charge in [-0.2, -0.15) is 0 Å². The molecule has 37 heavy (non-hydrogen) atoms. The average Bonchev–Trinajstić information content (AvgIpc) is 2.89. The number of carbonyl (C=O) groups excluding carboxylic acids is 2. The Morgan fingerprint density at radius 3 is 2.51 bits per heavy atom. The van der Waals surface area contributed by atoms with Crippen LogP contribution in [0.1, 0.15) is 53.9 Å². The minimum absolute atomic E-state index is 0.0565. The SMILES string of the molecule is CC[C@H]1CN(c2ncc(C(N)=O)nc2Cl)CCN1C1CCN(Cc2ccc(Cl)cc2[C@@H](O)C(N)=O)CC1. The van der Waals surface area contributed by atoms with Crippen molar-refractivity contribution in [3.63, 3.8) is 0 Å². The predicted octanol–water partition coefficient (Wildman–Crippen LogP) is 1.97. The summed E-state index contributed by atoms with van der Waals surface area (Å²) in [6, 6.07) is 6.04. The van der Waals surface area contributed by atoms with Gasteiger partial charge < -0.3 is 21.5 Å². The monoisotopic (exact) mass is 549 g/mol. The number of nitrogens with zero attached hydrogens (tertiary/aromatic N) is 5. The maximum absolute atomic E-state index is 11.6. The molecule has 2 saturated heterocycles. The van der Waals surface area contributed by atoms with Gasteiger partial charge in [-0.1, -0.05) is 36.2 Å². The number of hydrogen-bond acceptors (Lipinski definition) is 8. The third-order valence-electron chi connectivity index (χ3n) is 7.36. The van der Waals surface area contributed by atoms with Crippen LogP contribution in [0.4, 0.5) is 5.82 Å². The number of piperazine rings is 1. The maximum atomic E-state index is 11.6. The molecule has 2 atom stereocenters. The van der Waals surface area contributed by atoms with Crippen LogP contribution >= 0.6 is 23.2 Å². The molecule has 4 rings (SSSR count). The van der Waals surface area contributed by atoms with Gasteiger partial charge in [-0.25, -0.2) is 9.97 Å². The summed E-state index contributed by atoms with van der Waals surface area (Å²) in [4.78, 5) is 38.5. The van der Waals surface area contributed by atoms with Gasteiger partial charge in [-0.15, -0.1) is 0 Å². The molecule has 2 fully saturated rings. The Labute approximate surface area is 226 Å². The molecule has 0 radical (unpaired) electrons. The van der Waals surface area contributed by atoms with E-state index in [9.17, 15) is 14.7 Å². The molecule has 0 unspecified atom stereocenters. The van der Waals surface area contributed by atoms with Crippen molar-refractivity contribution in [2.24, 2.45) is 11.5 Å². The van der Waals surface area contributed by atoms with Crippen molar-refractivity contribution < 1.29 is 14.7 Å². The van der Waals surface area contributed by atoms with Crippen LogP contribution in [-0.4, -0.2) is 81.5 Å². The number of primary amides is 2. The fourth-order valence-electron chi connectivity index (χ4n) is 5.36. The Bertz CT molecular complexity index is 1140. The minimum Gasteiger partial charge on any atom is -0.378 e. The lowest BCUT2D eigenvalue weighted by atomic mass is 9.96. The lowest BCUT2D eigenvalue weighted by Crippen LogP contribution is -2.58. The van der Waals surface area contributed by atoms with Crippen LogP contribution in [-0.2, 0) is 11.3 Å². The number of benzene rings is 1. The number of nitrogens with two attached hydrogens (primary N) is 2. The van der Waals surface area contributed by atoms with Crippen molar-refractivity contribution in [3.8, 4) is 0 Å². The number of aliphatic hydroxyl groups excluding tert-OH is 1. The van der Waals surface area contributed by atoms with E-state index in [2.05, 4.69) is 31.6 Å². The summed E-state index contributed by atoms with van der Waals surface area (Å²) in [5.74, 6) is -0.862. The van der Waals surface area contributed by atoms with Gasteiger partial charge in [0.15, 0.2) is 17.1 Å². The van der Waals surface area contributed by atoms with E-state index in [0.717, 1.165) is 57.5 Å². The van der Waals surface area contributed by atoms with Gasteiger partial charge in [0.25, 0.3) is 11.8 Å². The molecular formula is C25H33Cl2N7O3. The fraction of sp³-hybridized carbons (Fsp3) is 0.520. The van der Waals surface area contributed by atoms with Crippen molar-refractivity contribution in [2.75, 3.05) is 37.6 Å². The average molecular weight is 550 g/mol. The molecule has 2 aromatic rings. The Morgan fingerprint density at radius 1 is 1.16 bits per heavy atom. The van der Waals surface area contributed by atoms with E-state index in [-0.39, 0.29) is 10.8 Å². The zero-order valence-corrected chi connectivity index (χ0v) is 22.3. The molecule has 2 aliphatic rings. The minimum atomic E-state index is -1.38. The second-order valence-corrected chi connectivity index (χ2v) is 10.4. The van der Waals surface area contributed by atoms with Gasteiger partial charge in [0, 0.05) is 43.3 Å². The third-order valence-corrected chi connectivity index (χ3v) is 7.84. The van der Waals surface area contributed by atoms with Gasteiger partial charge in [-0.05, 0) is 55.6 Å². The molecule has 0 aliphatic carbocycles. The summed E-state index contributed by atoms with van der Waals surface area (Å²) in [5, 5.41) is 10.9. The smallest absolute Gasteiger partial charge is 0.268 e. The Balaban J connectivity index is 1.37. The Hall–Kier alpha value is -2.50. The van der Waals surface area contributed by atoms with Gasteiger partial charge in [-0.3, -0.25) is 19.4 Å². The molecule has 0 bridgehead atoms. The van der Waals surface area contributed by atoms with E-state index in [0.29, 0.717) is 35.0 Å². The maximum Gasteiger partial charge on any atom is 0.268 e. The standard InChI is InChI=1S/C25H33Cl2N7O3/c1-2-17-14-33(25-22(27)31-20(12-30-25)23(28)36)9-10-34(17)18-5-7-32(8-6-18)13-15-3-4-16(26)11-19(15)21(35)24(29)37/h3-4,11-12,17-18,21,35H,2,5-10,13-14H2,1H3,(H2,28,36)(H2,29,37)/t17-,21+/m0/s1. The predicted molar refractivity (Wildman–Crippen MR) is 142 cm³/mol. The lowest BCUT2D eigenvalue weighted by molar-refractivity contribution is -0.126. The van der Waals surface area contributed by atoms with Crippen molar-refractivity contribution in [1.29, 1.82) is 0 Å². The number of piperidine rings is 1. The molecule has 1 aromatic heterocycles. The van der Waals surface area contributed by atoms with Crippen LogP contribution in [0, 0.1) is 0 Å². The molecule has 2 amide bonds. The molecule has 3 heterocycles. The van der Waals surface area contributed by atoms with E-state index < -0.39 is 17.9 Å². The van der Waals surface area contributed by atoms with Crippen LogP contribution in [0.15, 0.2) is 24.4 Å². The normalized spacial score (nSPS) is 20.6. The second-order valence-electron chi connectivity index (χ2n) is 9.64. The molecule has 200 valence electrons. The van der Waals surface area contributed by atoms with Crippen LogP contribution in [0.2, 0.25) is 10.2 Å². The van der Waals surface area contributed by atoms with Gasteiger partial charge in [0.05, 0.1) is 6.20 Å². The van der Waals surface area contributed by atoms with E-state index in [1.807, 2.05) is 6.07 Å². The molecule has 10 nitrogen and oxygen atoms in total. The van der Waals surface area contributed by atoms with Gasteiger partial charge in [0.2, 0.25) is 0 Å². The number of aromatic nitrogens is 2. The van der Waals surface area contributed by atoms with Crippen LogP contribution in [0.25, 0.3) is 0 Å². The Morgan fingerprint density at radius 2 is 1.89 bits per heavy atom. The first-order chi connectivity index (χ1) is 17.7. The van der Waals surface area contributed by atoms with Crippen LogP contribution < -0.4 is 16.4 Å². The van der Waals surface area contributed by atoms with E-state index >= 15 is 0 Å². The molecule has 0 saturated carbocycles. The highest BCUT2D eigenvalue weighted by molar-refractivity contribution is 6.32. The number of amides is 2. The third kappa shape index (κ3) is 6.32. The highest BCUT2D eigenvalue weighted by Crippen LogP contribution is 2.30. The number of halogens is 2. The number of anilines is 1. The number of aliphatic hydroxyl groups is 1. The molecule has 12 heteroatoms. The topological polar surface area (TPSA) is 142 Å². The fourth-order valence-corrected chi connectivity index (χ4v) is 5.80. The number of hydrogen-bond donors (Lipinski definition) is 3. The molecular weight excluding hydrogens is 517 g/mol. The van der Waals surface area contributed by atoms with E-state index in [1.165, 1.54) is 6.20 Å². The van der Waals surface area contributed by atoms with Crippen LogP contribution in [0.3, 0.4) is 0 Å².